The van der Waals surface area contributed by atoms with Gasteiger partial charge in [0.2, 0.25) is 0 Å². The van der Waals surface area contributed by atoms with E-state index in [1.807, 2.05) is 12.1 Å². The lowest BCUT2D eigenvalue weighted by Crippen LogP contribution is -2.32. The minimum atomic E-state index is -0.282. The lowest BCUT2D eigenvalue weighted by molar-refractivity contribution is -0.385. The highest BCUT2D eigenvalue weighted by molar-refractivity contribution is 14.1. The van der Waals surface area contributed by atoms with E-state index in [0.29, 0.717) is 18.4 Å². The molecule has 1 aromatic rings. The van der Waals surface area contributed by atoms with E-state index in [2.05, 4.69) is 48.7 Å². The lowest BCUT2D eigenvalue weighted by Gasteiger charge is -2.20. The summed E-state index contributed by atoms with van der Waals surface area (Å²) in [6.07, 6.45) is 1.73. The van der Waals surface area contributed by atoms with Gasteiger partial charge in [0.25, 0.3) is 5.69 Å². The molecule has 19 heavy (non-hydrogen) atoms. The Hall–Kier alpha value is -0.690. The third-order valence-electron chi connectivity index (χ3n) is 2.96. The molecule has 5 heteroatoms. The van der Waals surface area contributed by atoms with E-state index in [1.54, 1.807) is 6.07 Å². The van der Waals surface area contributed by atoms with Crippen LogP contribution in [0.3, 0.4) is 0 Å². The number of hydrogen-bond acceptors (Lipinski definition) is 3. The van der Waals surface area contributed by atoms with Crippen molar-refractivity contribution < 1.29 is 4.92 Å². The number of nitro benzene ring substituents is 1. The maximum absolute atomic E-state index is 11.1. The number of rotatable bonds is 7. The molecule has 1 unspecified atom stereocenters. The number of nitro groups is 1. The van der Waals surface area contributed by atoms with Crippen LogP contribution in [-0.2, 0) is 6.42 Å². The van der Waals surface area contributed by atoms with Crippen LogP contribution in [0.2, 0.25) is 0 Å². The van der Waals surface area contributed by atoms with Crippen LogP contribution in [-0.4, -0.2) is 17.5 Å². The number of nitrogens with one attached hydrogen (secondary N) is 1. The first kappa shape index (κ1) is 16.4. The number of benzene rings is 1. The van der Waals surface area contributed by atoms with Crippen molar-refractivity contribution in [2.24, 2.45) is 5.92 Å². The number of halogens is 1. The second-order valence-corrected chi connectivity index (χ2v) is 6.36. The van der Waals surface area contributed by atoms with E-state index >= 15 is 0 Å². The van der Waals surface area contributed by atoms with Crippen molar-refractivity contribution in [1.82, 2.24) is 5.32 Å². The highest BCUT2D eigenvalue weighted by atomic mass is 127. The van der Waals surface area contributed by atoms with Gasteiger partial charge in [-0.1, -0.05) is 26.8 Å². The van der Waals surface area contributed by atoms with Crippen molar-refractivity contribution in [1.29, 1.82) is 0 Å². The predicted octanol–water partition coefficient (Wildman–Crippen LogP) is 3.77. The summed E-state index contributed by atoms with van der Waals surface area (Å²) in [4.78, 5) is 10.8. The fraction of sp³-hybridized carbons (Fsp3) is 0.571. The topological polar surface area (TPSA) is 55.2 Å². The van der Waals surface area contributed by atoms with Crippen LogP contribution in [0.25, 0.3) is 0 Å². The molecule has 0 saturated carbocycles. The minimum absolute atomic E-state index is 0.235. The summed E-state index contributed by atoms with van der Waals surface area (Å²) in [5, 5.41) is 14.5. The van der Waals surface area contributed by atoms with E-state index in [9.17, 15) is 10.1 Å². The zero-order valence-electron chi connectivity index (χ0n) is 11.6. The quantitative estimate of drug-likeness (QED) is 0.448. The van der Waals surface area contributed by atoms with Gasteiger partial charge >= 0.3 is 0 Å². The summed E-state index contributed by atoms with van der Waals surface area (Å²) < 4.78 is 0.900. The summed E-state index contributed by atoms with van der Waals surface area (Å²) in [5.41, 5.74) is 1.05. The van der Waals surface area contributed by atoms with Crippen molar-refractivity contribution >= 4 is 28.3 Å². The van der Waals surface area contributed by atoms with Gasteiger partial charge in [-0.25, -0.2) is 0 Å². The fourth-order valence-electron chi connectivity index (χ4n) is 2.24. The van der Waals surface area contributed by atoms with Gasteiger partial charge in [0.05, 0.1) is 4.92 Å². The van der Waals surface area contributed by atoms with Crippen molar-refractivity contribution in [3.8, 4) is 0 Å². The molecule has 0 aliphatic carbocycles. The molecule has 0 heterocycles. The number of likely N-dealkylation sites (N-methyl/N-ethyl adjacent to an activating group) is 1. The molecule has 0 aliphatic heterocycles. The Labute approximate surface area is 128 Å². The van der Waals surface area contributed by atoms with Crippen LogP contribution in [0.1, 0.15) is 32.8 Å². The fourth-order valence-corrected chi connectivity index (χ4v) is 2.72. The first-order valence-electron chi connectivity index (χ1n) is 6.60. The molecule has 1 N–H and O–H groups in total. The van der Waals surface area contributed by atoms with Gasteiger partial charge < -0.3 is 5.32 Å². The van der Waals surface area contributed by atoms with Crippen molar-refractivity contribution in [3.63, 3.8) is 0 Å². The van der Waals surface area contributed by atoms with Crippen LogP contribution < -0.4 is 5.32 Å². The monoisotopic (exact) mass is 376 g/mol. The van der Waals surface area contributed by atoms with Crippen molar-refractivity contribution in [2.75, 3.05) is 6.54 Å². The molecule has 1 aromatic carbocycles. The van der Waals surface area contributed by atoms with Gasteiger partial charge in [-0.3, -0.25) is 10.1 Å². The van der Waals surface area contributed by atoms with Crippen LogP contribution in [0, 0.1) is 19.6 Å². The Balaban J connectivity index is 2.91. The van der Waals surface area contributed by atoms with Gasteiger partial charge in [-0.05, 0) is 54.0 Å². The number of nitrogens with zero attached hydrogens (tertiary/aromatic N) is 1. The molecule has 4 nitrogen and oxygen atoms in total. The molecule has 0 radical (unpaired) electrons. The molecule has 0 aromatic heterocycles. The normalized spacial score (nSPS) is 12.7. The van der Waals surface area contributed by atoms with Crippen LogP contribution >= 0.6 is 22.6 Å². The average molecular weight is 376 g/mol. The molecule has 0 saturated heterocycles. The SMILES string of the molecule is CCNC(Cc1ccc(I)cc1[N+](=O)[O-])CC(C)C. The molecule has 1 atom stereocenters. The molecule has 0 bridgehead atoms. The highest BCUT2D eigenvalue weighted by Crippen LogP contribution is 2.24. The Morgan fingerprint density at radius 3 is 2.63 bits per heavy atom. The zero-order valence-corrected chi connectivity index (χ0v) is 13.8. The van der Waals surface area contributed by atoms with E-state index < -0.39 is 0 Å². The molecule has 1 rings (SSSR count). The highest BCUT2D eigenvalue weighted by Gasteiger charge is 2.18. The zero-order chi connectivity index (χ0) is 14.4. The minimum Gasteiger partial charge on any atom is -0.314 e. The van der Waals surface area contributed by atoms with E-state index in [-0.39, 0.29) is 10.6 Å². The van der Waals surface area contributed by atoms with E-state index in [1.165, 1.54) is 0 Å². The Bertz CT molecular complexity index is 435. The third kappa shape index (κ3) is 5.44. The molecule has 0 fully saturated rings. The smallest absolute Gasteiger partial charge is 0.273 e. The van der Waals surface area contributed by atoms with Gasteiger partial charge in [0, 0.05) is 21.2 Å². The van der Waals surface area contributed by atoms with Crippen LogP contribution in [0.5, 0.6) is 0 Å². The van der Waals surface area contributed by atoms with Gasteiger partial charge in [0.15, 0.2) is 0 Å². The Morgan fingerprint density at radius 1 is 1.42 bits per heavy atom. The van der Waals surface area contributed by atoms with E-state index in [0.717, 1.165) is 22.1 Å². The Kier molecular flexibility index (Phi) is 6.71. The maximum atomic E-state index is 11.1. The summed E-state index contributed by atoms with van der Waals surface area (Å²) in [7, 11) is 0. The second kappa shape index (κ2) is 7.79. The standard InChI is InChI=1S/C14H21IN2O2/c1-4-16-13(7-10(2)3)8-11-5-6-12(15)9-14(11)17(18)19/h5-6,9-10,13,16H,4,7-8H2,1-3H3. The molecule has 0 aliphatic rings. The second-order valence-electron chi connectivity index (χ2n) is 5.12. The molecule has 0 spiro atoms. The van der Waals surface area contributed by atoms with Crippen molar-refractivity contribution in [3.05, 3.63) is 37.4 Å². The Morgan fingerprint density at radius 2 is 2.11 bits per heavy atom. The van der Waals surface area contributed by atoms with Crippen LogP contribution in [0.4, 0.5) is 5.69 Å². The van der Waals surface area contributed by atoms with Crippen molar-refractivity contribution in [2.45, 2.75) is 39.7 Å². The summed E-state index contributed by atoms with van der Waals surface area (Å²) in [6.45, 7) is 7.30. The number of hydrogen-bond donors (Lipinski definition) is 1. The predicted molar refractivity (Wildman–Crippen MR) is 86.4 cm³/mol. The van der Waals surface area contributed by atoms with Gasteiger partial charge in [-0.2, -0.15) is 0 Å². The van der Waals surface area contributed by atoms with E-state index in [4.69, 9.17) is 0 Å². The summed E-state index contributed by atoms with van der Waals surface area (Å²) in [6, 6.07) is 5.75. The maximum Gasteiger partial charge on any atom is 0.273 e. The first-order chi connectivity index (χ1) is 8.93. The summed E-state index contributed by atoms with van der Waals surface area (Å²) in [5.74, 6) is 0.576. The average Bonchev–Trinajstić information content (AvgIpc) is 2.30. The lowest BCUT2D eigenvalue weighted by atomic mass is 9.96. The molecule has 0 amide bonds. The molecule has 106 valence electrons. The summed E-state index contributed by atoms with van der Waals surface area (Å²) >= 11 is 2.11. The van der Waals surface area contributed by atoms with Crippen LogP contribution in [0.15, 0.2) is 18.2 Å². The third-order valence-corrected chi connectivity index (χ3v) is 3.63. The first-order valence-corrected chi connectivity index (χ1v) is 7.68. The van der Waals surface area contributed by atoms with Gasteiger partial charge in [0.1, 0.15) is 0 Å². The molecular weight excluding hydrogens is 355 g/mol. The largest absolute Gasteiger partial charge is 0.314 e. The molecular formula is C14H21IN2O2. The van der Waals surface area contributed by atoms with Gasteiger partial charge in [-0.15, -0.1) is 0 Å².